The molecule has 0 aliphatic carbocycles. The fourth-order valence-corrected chi connectivity index (χ4v) is 1.97. The van der Waals surface area contributed by atoms with Crippen LogP contribution in [0.15, 0.2) is 18.2 Å². The minimum Gasteiger partial charge on any atom is -0.377 e. The molecule has 0 radical (unpaired) electrons. The monoisotopic (exact) mass is 285 g/mol. The Balaban J connectivity index is 3.18. The lowest BCUT2D eigenvalue weighted by atomic mass is 9.92. The standard InChI is InChI=1S/C14H18F3N3/c1-3-13(4-2,9-19)20-12-6-5-11(14(15,16)17)7-10(12)8-18/h5-7,20H,3-4,9,19H2,1-2H3. The number of nitrogens with two attached hydrogens (primary N) is 1. The van der Waals surface area contributed by atoms with Gasteiger partial charge in [0.05, 0.1) is 16.8 Å². The molecule has 3 nitrogen and oxygen atoms in total. The fraction of sp³-hybridized carbons (Fsp3) is 0.500. The predicted octanol–water partition coefficient (Wildman–Crippen LogP) is 3.51. The van der Waals surface area contributed by atoms with E-state index >= 15 is 0 Å². The number of nitrogens with zero attached hydrogens (tertiary/aromatic N) is 1. The molecular weight excluding hydrogens is 267 g/mol. The Morgan fingerprint density at radius 2 is 1.85 bits per heavy atom. The van der Waals surface area contributed by atoms with E-state index in [-0.39, 0.29) is 5.56 Å². The van der Waals surface area contributed by atoms with Crippen molar-refractivity contribution in [3.63, 3.8) is 0 Å². The number of nitriles is 1. The molecule has 0 heterocycles. The third-order valence-corrected chi connectivity index (χ3v) is 3.61. The molecule has 1 aromatic carbocycles. The Morgan fingerprint density at radius 1 is 1.25 bits per heavy atom. The first kappa shape index (κ1) is 16.3. The van der Waals surface area contributed by atoms with Crippen LogP contribution in [-0.2, 0) is 6.18 Å². The van der Waals surface area contributed by atoms with E-state index in [2.05, 4.69) is 5.32 Å². The summed E-state index contributed by atoms with van der Waals surface area (Å²) in [5.74, 6) is 0. The highest BCUT2D eigenvalue weighted by Gasteiger charge is 2.32. The normalized spacial score (nSPS) is 12.1. The van der Waals surface area contributed by atoms with E-state index in [0.29, 0.717) is 25.1 Å². The Kier molecular flexibility index (Phi) is 5.01. The van der Waals surface area contributed by atoms with Crippen molar-refractivity contribution in [2.24, 2.45) is 5.73 Å². The second-order valence-corrected chi connectivity index (χ2v) is 4.69. The minimum absolute atomic E-state index is 0.0282. The molecule has 0 aromatic heterocycles. The van der Waals surface area contributed by atoms with Gasteiger partial charge in [-0.2, -0.15) is 18.4 Å². The predicted molar refractivity (Wildman–Crippen MR) is 72.1 cm³/mol. The van der Waals surface area contributed by atoms with Crippen molar-refractivity contribution >= 4 is 5.69 Å². The van der Waals surface area contributed by atoms with Crippen molar-refractivity contribution in [2.75, 3.05) is 11.9 Å². The number of rotatable bonds is 5. The van der Waals surface area contributed by atoms with Crippen LogP contribution in [0.2, 0.25) is 0 Å². The van der Waals surface area contributed by atoms with Crippen LogP contribution < -0.4 is 11.1 Å². The zero-order chi connectivity index (χ0) is 15.4. The van der Waals surface area contributed by atoms with Gasteiger partial charge in [0.15, 0.2) is 0 Å². The van der Waals surface area contributed by atoms with Crippen LogP contribution in [0.5, 0.6) is 0 Å². The van der Waals surface area contributed by atoms with Gasteiger partial charge in [0.1, 0.15) is 6.07 Å². The molecule has 110 valence electrons. The Bertz CT molecular complexity index is 491. The average Bonchev–Trinajstić information content (AvgIpc) is 2.44. The number of anilines is 1. The summed E-state index contributed by atoms with van der Waals surface area (Å²) in [6.45, 7) is 4.23. The van der Waals surface area contributed by atoms with Crippen molar-refractivity contribution in [2.45, 2.75) is 38.4 Å². The molecule has 0 amide bonds. The Hall–Kier alpha value is -1.74. The Labute approximate surface area is 116 Å². The highest BCUT2D eigenvalue weighted by molar-refractivity contribution is 5.60. The molecule has 0 aliphatic heterocycles. The molecule has 0 unspecified atom stereocenters. The first-order chi connectivity index (χ1) is 9.31. The highest BCUT2D eigenvalue weighted by atomic mass is 19.4. The van der Waals surface area contributed by atoms with Crippen LogP contribution in [0.1, 0.15) is 37.8 Å². The summed E-state index contributed by atoms with van der Waals surface area (Å²) in [6, 6.07) is 4.91. The number of benzene rings is 1. The molecule has 0 fully saturated rings. The summed E-state index contributed by atoms with van der Waals surface area (Å²) in [5, 5.41) is 12.2. The van der Waals surface area contributed by atoms with Crippen LogP contribution in [0.25, 0.3) is 0 Å². The second-order valence-electron chi connectivity index (χ2n) is 4.69. The smallest absolute Gasteiger partial charge is 0.377 e. The van der Waals surface area contributed by atoms with Crippen molar-refractivity contribution in [3.8, 4) is 6.07 Å². The van der Waals surface area contributed by atoms with Gasteiger partial charge >= 0.3 is 6.18 Å². The summed E-state index contributed by atoms with van der Waals surface area (Å²) in [4.78, 5) is 0. The van der Waals surface area contributed by atoms with E-state index in [1.165, 1.54) is 6.07 Å². The van der Waals surface area contributed by atoms with Crippen LogP contribution >= 0.6 is 0 Å². The highest BCUT2D eigenvalue weighted by Crippen LogP contribution is 2.33. The lowest BCUT2D eigenvalue weighted by molar-refractivity contribution is -0.137. The van der Waals surface area contributed by atoms with Gasteiger partial charge < -0.3 is 11.1 Å². The summed E-state index contributed by atoms with van der Waals surface area (Å²) < 4.78 is 37.9. The van der Waals surface area contributed by atoms with Crippen molar-refractivity contribution in [1.29, 1.82) is 5.26 Å². The number of hydrogen-bond acceptors (Lipinski definition) is 3. The first-order valence-corrected chi connectivity index (χ1v) is 6.41. The zero-order valence-corrected chi connectivity index (χ0v) is 11.5. The van der Waals surface area contributed by atoms with E-state index in [1.54, 1.807) is 6.07 Å². The number of nitrogens with one attached hydrogen (secondary N) is 1. The molecule has 20 heavy (non-hydrogen) atoms. The van der Waals surface area contributed by atoms with Crippen LogP contribution in [-0.4, -0.2) is 12.1 Å². The fourth-order valence-electron chi connectivity index (χ4n) is 1.97. The summed E-state index contributed by atoms with van der Waals surface area (Å²) >= 11 is 0. The Morgan fingerprint density at radius 3 is 2.25 bits per heavy atom. The molecule has 0 bridgehead atoms. The molecule has 3 N–H and O–H groups in total. The van der Waals surface area contributed by atoms with Gasteiger partial charge in [0.25, 0.3) is 0 Å². The number of halogens is 3. The maximum Gasteiger partial charge on any atom is 0.416 e. The van der Waals surface area contributed by atoms with Gasteiger partial charge in [-0.05, 0) is 31.0 Å². The molecule has 0 spiro atoms. The van der Waals surface area contributed by atoms with Crippen molar-refractivity contribution < 1.29 is 13.2 Å². The zero-order valence-electron chi connectivity index (χ0n) is 11.5. The lowest BCUT2D eigenvalue weighted by Crippen LogP contribution is -2.44. The SMILES string of the molecule is CCC(CC)(CN)Nc1ccc(C(F)(F)F)cc1C#N. The molecule has 0 saturated carbocycles. The summed E-state index contributed by atoms with van der Waals surface area (Å²) in [5.41, 5.74) is 4.86. The summed E-state index contributed by atoms with van der Waals surface area (Å²) in [6.07, 6.45) is -3.03. The van der Waals surface area contributed by atoms with Gasteiger partial charge in [-0.15, -0.1) is 0 Å². The second kappa shape index (κ2) is 6.14. The maximum absolute atomic E-state index is 12.6. The van der Waals surface area contributed by atoms with Crippen LogP contribution in [0, 0.1) is 11.3 Å². The minimum atomic E-state index is -4.45. The van der Waals surface area contributed by atoms with Gasteiger partial charge in [0.2, 0.25) is 0 Å². The van der Waals surface area contributed by atoms with E-state index in [9.17, 15) is 13.2 Å². The van der Waals surface area contributed by atoms with Gasteiger partial charge in [-0.3, -0.25) is 0 Å². The van der Waals surface area contributed by atoms with Gasteiger partial charge in [-0.1, -0.05) is 13.8 Å². The molecule has 0 aliphatic rings. The molecule has 0 atom stereocenters. The largest absolute Gasteiger partial charge is 0.416 e. The van der Waals surface area contributed by atoms with Gasteiger partial charge in [0, 0.05) is 12.1 Å². The van der Waals surface area contributed by atoms with E-state index < -0.39 is 17.3 Å². The maximum atomic E-state index is 12.6. The molecule has 1 rings (SSSR count). The quantitative estimate of drug-likeness (QED) is 0.870. The number of hydrogen-bond donors (Lipinski definition) is 2. The van der Waals surface area contributed by atoms with Crippen molar-refractivity contribution in [3.05, 3.63) is 29.3 Å². The topological polar surface area (TPSA) is 61.8 Å². The van der Waals surface area contributed by atoms with E-state index in [0.717, 1.165) is 12.1 Å². The number of alkyl halides is 3. The summed E-state index contributed by atoms with van der Waals surface area (Å²) in [7, 11) is 0. The first-order valence-electron chi connectivity index (χ1n) is 6.41. The van der Waals surface area contributed by atoms with Crippen LogP contribution in [0.3, 0.4) is 0 Å². The lowest BCUT2D eigenvalue weighted by Gasteiger charge is -2.33. The molecular formula is C14H18F3N3. The third kappa shape index (κ3) is 3.42. The van der Waals surface area contributed by atoms with Crippen LogP contribution in [0.4, 0.5) is 18.9 Å². The van der Waals surface area contributed by atoms with E-state index in [4.69, 9.17) is 11.0 Å². The average molecular weight is 285 g/mol. The van der Waals surface area contributed by atoms with Crippen molar-refractivity contribution in [1.82, 2.24) is 0 Å². The van der Waals surface area contributed by atoms with Gasteiger partial charge in [-0.25, -0.2) is 0 Å². The molecule has 1 aromatic rings. The third-order valence-electron chi connectivity index (χ3n) is 3.61. The molecule has 6 heteroatoms. The van der Waals surface area contributed by atoms with E-state index in [1.807, 2.05) is 13.8 Å². The molecule has 0 saturated heterocycles.